The maximum absolute atomic E-state index is 12.2. The Bertz CT molecular complexity index is 669. The lowest BCUT2D eigenvalue weighted by molar-refractivity contribution is -0.119. The summed E-state index contributed by atoms with van der Waals surface area (Å²) in [6.07, 6.45) is 7.34. The SMILES string of the molecule is C[C@H]1[C@H](C)CCC[C@@H]1NC(=O)CSCc1ccc(-n2cccn2)cc1. The Labute approximate surface area is 154 Å². The summed E-state index contributed by atoms with van der Waals surface area (Å²) in [6, 6.07) is 10.6. The molecule has 0 unspecified atom stereocenters. The van der Waals surface area contributed by atoms with Crippen molar-refractivity contribution in [1.29, 1.82) is 0 Å². The fourth-order valence-electron chi connectivity index (χ4n) is 3.46. The standard InChI is InChI=1S/C20H27N3OS/c1-15-5-3-6-19(16(15)2)22-20(24)14-25-13-17-7-9-18(10-8-17)23-12-4-11-21-23/h4,7-12,15-16,19H,3,5-6,13-14H2,1-2H3,(H,22,24)/t15-,16+,19+/m1/s1. The maximum Gasteiger partial charge on any atom is 0.230 e. The van der Waals surface area contributed by atoms with E-state index in [9.17, 15) is 4.79 Å². The highest BCUT2D eigenvalue weighted by atomic mass is 32.2. The lowest BCUT2D eigenvalue weighted by atomic mass is 9.78. The van der Waals surface area contributed by atoms with Gasteiger partial charge in [0.15, 0.2) is 0 Å². The zero-order valence-corrected chi connectivity index (χ0v) is 15.8. The van der Waals surface area contributed by atoms with Crippen LogP contribution in [0, 0.1) is 11.8 Å². The van der Waals surface area contributed by atoms with Gasteiger partial charge in [0, 0.05) is 24.2 Å². The molecule has 3 rings (SSSR count). The summed E-state index contributed by atoms with van der Waals surface area (Å²) in [4.78, 5) is 12.2. The first-order chi connectivity index (χ1) is 12.1. The van der Waals surface area contributed by atoms with E-state index in [1.807, 2.05) is 16.9 Å². The summed E-state index contributed by atoms with van der Waals surface area (Å²) < 4.78 is 1.84. The molecule has 1 heterocycles. The van der Waals surface area contributed by atoms with Crippen molar-refractivity contribution < 1.29 is 4.79 Å². The zero-order valence-electron chi connectivity index (χ0n) is 15.0. The molecule has 25 heavy (non-hydrogen) atoms. The van der Waals surface area contributed by atoms with E-state index in [2.05, 4.69) is 48.5 Å². The van der Waals surface area contributed by atoms with E-state index in [0.717, 1.165) is 17.9 Å². The number of hydrogen-bond donors (Lipinski definition) is 1. The molecule has 0 saturated heterocycles. The summed E-state index contributed by atoms with van der Waals surface area (Å²) in [6.45, 7) is 4.56. The third-order valence-corrected chi connectivity index (χ3v) is 6.26. The molecule has 0 radical (unpaired) electrons. The first-order valence-electron chi connectivity index (χ1n) is 9.09. The molecule has 1 fully saturated rings. The van der Waals surface area contributed by atoms with Crippen LogP contribution < -0.4 is 5.32 Å². The Balaban J connectivity index is 1.42. The van der Waals surface area contributed by atoms with E-state index in [1.165, 1.54) is 18.4 Å². The fourth-order valence-corrected chi connectivity index (χ4v) is 4.26. The van der Waals surface area contributed by atoms with Gasteiger partial charge in [0.2, 0.25) is 5.91 Å². The quantitative estimate of drug-likeness (QED) is 0.848. The smallest absolute Gasteiger partial charge is 0.230 e. The van der Waals surface area contributed by atoms with Gasteiger partial charge in [-0.1, -0.05) is 38.8 Å². The number of nitrogens with zero attached hydrogens (tertiary/aromatic N) is 2. The number of carbonyl (C=O) groups is 1. The Morgan fingerprint density at radius 2 is 2.08 bits per heavy atom. The number of aromatic nitrogens is 2. The van der Waals surface area contributed by atoms with Crippen LogP contribution in [-0.2, 0) is 10.5 Å². The number of thioether (sulfide) groups is 1. The van der Waals surface area contributed by atoms with Crippen LogP contribution in [0.25, 0.3) is 5.69 Å². The maximum atomic E-state index is 12.2. The molecule has 1 aliphatic carbocycles. The molecule has 0 aliphatic heterocycles. The van der Waals surface area contributed by atoms with Crippen molar-refractivity contribution in [2.45, 2.75) is 44.9 Å². The molecule has 1 aliphatic rings. The molecule has 1 N–H and O–H groups in total. The van der Waals surface area contributed by atoms with Gasteiger partial charge in [0.25, 0.3) is 0 Å². The molecular formula is C20H27N3OS. The van der Waals surface area contributed by atoms with Crippen LogP contribution in [0.1, 0.15) is 38.7 Å². The molecule has 1 amide bonds. The van der Waals surface area contributed by atoms with E-state index < -0.39 is 0 Å². The van der Waals surface area contributed by atoms with Gasteiger partial charge in [0.05, 0.1) is 11.4 Å². The van der Waals surface area contributed by atoms with Gasteiger partial charge < -0.3 is 5.32 Å². The van der Waals surface area contributed by atoms with Crippen molar-refractivity contribution in [3.05, 3.63) is 48.3 Å². The predicted molar refractivity (Wildman–Crippen MR) is 104 cm³/mol. The highest BCUT2D eigenvalue weighted by molar-refractivity contribution is 7.99. The van der Waals surface area contributed by atoms with E-state index in [-0.39, 0.29) is 5.91 Å². The monoisotopic (exact) mass is 357 g/mol. The van der Waals surface area contributed by atoms with E-state index in [0.29, 0.717) is 23.6 Å². The zero-order chi connectivity index (χ0) is 17.6. The van der Waals surface area contributed by atoms with Crippen LogP contribution in [-0.4, -0.2) is 27.5 Å². The first kappa shape index (κ1) is 18.1. The third kappa shape index (κ3) is 4.88. The minimum atomic E-state index is 0.170. The molecule has 1 saturated carbocycles. The molecule has 2 aromatic rings. The molecule has 0 spiro atoms. The summed E-state index contributed by atoms with van der Waals surface area (Å²) >= 11 is 1.67. The van der Waals surface area contributed by atoms with Crippen LogP contribution in [0.4, 0.5) is 0 Å². The summed E-state index contributed by atoms with van der Waals surface area (Å²) in [5.41, 5.74) is 2.28. The van der Waals surface area contributed by atoms with Crippen LogP contribution >= 0.6 is 11.8 Å². The van der Waals surface area contributed by atoms with Crippen molar-refractivity contribution in [3.8, 4) is 5.69 Å². The highest BCUT2D eigenvalue weighted by Gasteiger charge is 2.27. The molecule has 5 heteroatoms. The molecular weight excluding hydrogens is 330 g/mol. The van der Waals surface area contributed by atoms with Crippen molar-refractivity contribution in [2.24, 2.45) is 11.8 Å². The molecule has 4 nitrogen and oxygen atoms in total. The number of hydrogen-bond acceptors (Lipinski definition) is 3. The van der Waals surface area contributed by atoms with E-state index >= 15 is 0 Å². The van der Waals surface area contributed by atoms with Gasteiger partial charge in [0.1, 0.15) is 0 Å². The topological polar surface area (TPSA) is 46.9 Å². The number of nitrogens with one attached hydrogen (secondary N) is 1. The second-order valence-corrected chi connectivity index (χ2v) is 8.04. The van der Waals surface area contributed by atoms with Crippen LogP contribution in [0.3, 0.4) is 0 Å². The van der Waals surface area contributed by atoms with Gasteiger partial charge >= 0.3 is 0 Å². The minimum Gasteiger partial charge on any atom is -0.352 e. The van der Waals surface area contributed by atoms with Crippen LogP contribution in [0.5, 0.6) is 0 Å². The lowest BCUT2D eigenvalue weighted by Crippen LogP contribution is -2.44. The minimum absolute atomic E-state index is 0.170. The Hall–Kier alpha value is -1.75. The normalized spacial score (nSPS) is 23.4. The fraction of sp³-hybridized carbons (Fsp3) is 0.500. The second kappa shape index (κ2) is 8.56. The summed E-state index contributed by atoms with van der Waals surface area (Å²) in [7, 11) is 0. The van der Waals surface area contributed by atoms with Gasteiger partial charge in [-0.3, -0.25) is 4.79 Å². The van der Waals surface area contributed by atoms with Crippen LogP contribution in [0.2, 0.25) is 0 Å². The molecule has 3 atom stereocenters. The largest absolute Gasteiger partial charge is 0.352 e. The van der Waals surface area contributed by atoms with Crippen molar-refractivity contribution in [3.63, 3.8) is 0 Å². The van der Waals surface area contributed by atoms with Crippen molar-refractivity contribution in [2.75, 3.05) is 5.75 Å². The van der Waals surface area contributed by atoms with E-state index in [4.69, 9.17) is 0 Å². The summed E-state index contributed by atoms with van der Waals surface area (Å²) in [5.74, 6) is 2.84. The van der Waals surface area contributed by atoms with Crippen molar-refractivity contribution in [1.82, 2.24) is 15.1 Å². The Kier molecular flexibility index (Phi) is 6.19. The Morgan fingerprint density at radius 3 is 2.80 bits per heavy atom. The molecule has 0 bridgehead atoms. The number of benzene rings is 1. The number of carbonyl (C=O) groups excluding carboxylic acids is 1. The highest BCUT2D eigenvalue weighted by Crippen LogP contribution is 2.29. The molecule has 134 valence electrons. The van der Waals surface area contributed by atoms with Crippen LogP contribution in [0.15, 0.2) is 42.7 Å². The van der Waals surface area contributed by atoms with Gasteiger partial charge in [-0.25, -0.2) is 4.68 Å². The molecule has 1 aromatic carbocycles. The molecule has 1 aromatic heterocycles. The van der Waals surface area contributed by atoms with E-state index in [1.54, 1.807) is 18.0 Å². The second-order valence-electron chi connectivity index (χ2n) is 7.05. The summed E-state index contributed by atoms with van der Waals surface area (Å²) in [5, 5.41) is 7.47. The van der Waals surface area contributed by atoms with Crippen molar-refractivity contribution >= 4 is 17.7 Å². The van der Waals surface area contributed by atoms with Gasteiger partial charge in [-0.15, -0.1) is 11.8 Å². The third-order valence-electron chi connectivity index (χ3n) is 5.26. The van der Waals surface area contributed by atoms with Gasteiger partial charge in [-0.2, -0.15) is 5.10 Å². The average molecular weight is 358 g/mol. The lowest BCUT2D eigenvalue weighted by Gasteiger charge is -2.34. The average Bonchev–Trinajstić information content (AvgIpc) is 3.14. The first-order valence-corrected chi connectivity index (χ1v) is 10.2. The predicted octanol–water partition coefficient (Wildman–Crippen LogP) is 4.05. The number of amides is 1. The Morgan fingerprint density at radius 1 is 1.28 bits per heavy atom. The number of rotatable bonds is 6. The van der Waals surface area contributed by atoms with Gasteiger partial charge in [-0.05, 0) is 42.0 Å².